The summed E-state index contributed by atoms with van der Waals surface area (Å²) in [6.07, 6.45) is 7.01. The lowest BCUT2D eigenvalue weighted by Crippen LogP contribution is -2.42. The fourth-order valence-corrected chi connectivity index (χ4v) is 8.99. The predicted octanol–water partition coefficient (Wildman–Crippen LogP) is 6.74. The molecule has 2 atom stereocenters. The average molecular weight is 1040 g/mol. The van der Waals surface area contributed by atoms with Gasteiger partial charge in [-0.2, -0.15) is 0 Å². The number of aliphatic hydroxyl groups excluding tert-OH is 2. The predicted molar refractivity (Wildman–Crippen MR) is 259 cm³/mol. The van der Waals surface area contributed by atoms with E-state index in [-0.39, 0.29) is 33.1 Å². The van der Waals surface area contributed by atoms with Gasteiger partial charge in [0, 0.05) is 61.0 Å². The molecule has 0 saturated carbocycles. The van der Waals surface area contributed by atoms with Crippen LogP contribution in [0.4, 0.5) is 11.4 Å². The number of halogens is 1. The minimum Gasteiger partial charge on any atom is -0.464 e. The van der Waals surface area contributed by atoms with E-state index in [2.05, 4.69) is 71.2 Å². The highest BCUT2D eigenvalue weighted by molar-refractivity contribution is 14.1. The molecule has 2 unspecified atom stereocenters. The molecule has 65 heavy (non-hydrogen) atoms. The van der Waals surface area contributed by atoms with Gasteiger partial charge in [0.25, 0.3) is 20.0 Å². The summed E-state index contributed by atoms with van der Waals surface area (Å²) in [5, 5.41) is 28.1. The number of aryl methyl sites for hydroxylation is 2. The Morgan fingerprint density at radius 1 is 0.662 bits per heavy atom. The van der Waals surface area contributed by atoms with E-state index in [9.17, 15) is 31.8 Å². The van der Waals surface area contributed by atoms with Gasteiger partial charge in [0.15, 0.2) is 5.69 Å². The molecule has 16 nitrogen and oxygen atoms in total. The van der Waals surface area contributed by atoms with Gasteiger partial charge < -0.3 is 34.7 Å². The monoisotopic (exact) mass is 1040 g/mol. The summed E-state index contributed by atoms with van der Waals surface area (Å²) < 4.78 is 64.8. The standard InChI is InChI=1S/C24H30N4O5S.C22H27IN4O3S/c1-24(2,12-13-28-16-21(25-17-28)23(30)33-3)26-15-22(29)18-8-7-9-19(14-18)27-34(31,32)20-10-5-4-6-11-20;1-22(2,11-12-27-15-21(23)24-16-27)25-14-20(28)17-7-6-8-18(13-17)26-31(29,30)19-9-4-3-5-10-19/h4-11,14,16-17,22,26-27,29H,12-13,15H2,1-3H3;3-10,13,15-16,20,25-26,28H,11-12,14H2,1-2H3. The van der Waals surface area contributed by atoms with Crippen molar-refractivity contribution < 1.29 is 36.6 Å². The van der Waals surface area contributed by atoms with E-state index >= 15 is 0 Å². The van der Waals surface area contributed by atoms with Crippen molar-refractivity contribution >= 4 is 60.0 Å². The van der Waals surface area contributed by atoms with E-state index in [1.54, 1.807) is 97.5 Å². The highest BCUT2D eigenvalue weighted by atomic mass is 127. The number of methoxy groups -OCH3 is 1. The van der Waals surface area contributed by atoms with Gasteiger partial charge in [0.2, 0.25) is 0 Å². The Morgan fingerprint density at radius 2 is 1.09 bits per heavy atom. The van der Waals surface area contributed by atoms with Crippen molar-refractivity contribution in [1.29, 1.82) is 0 Å². The normalized spacial score (nSPS) is 13.0. The molecule has 2 heterocycles. The second-order valence-corrected chi connectivity index (χ2v) is 21.0. The summed E-state index contributed by atoms with van der Waals surface area (Å²) in [7, 11) is -6.08. The number of aliphatic hydroxyl groups is 2. The SMILES string of the molecule is CC(C)(CCn1cnc(I)c1)NCC(O)c1cccc(NS(=O)(=O)c2ccccc2)c1.COC(=O)c1cn(CCC(C)(C)NCC(O)c2cccc(NS(=O)(=O)c3ccccc3)c2)cn1. The van der Waals surface area contributed by atoms with Crippen molar-refractivity contribution in [3.63, 3.8) is 0 Å². The molecule has 6 aromatic rings. The number of nitrogens with one attached hydrogen (secondary N) is 4. The van der Waals surface area contributed by atoms with Gasteiger partial charge in [-0.15, -0.1) is 0 Å². The number of nitrogens with zero attached hydrogens (tertiary/aromatic N) is 4. The van der Waals surface area contributed by atoms with Crippen LogP contribution >= 0.6 is 22.6 Å². The zero-order chi connectivity index (χ0) is 47.3. The molecule has 0 amide bonds. The number of aromatic nitrogens is 4. The topological polar surface area (TPSA) is 219 Å². The fraction of sp³-hybridized carbons (Fsp3) is 0.326. The van der Waals surface area contributed by atoms with Gasteiger partial charge in [0.1, 0.15) is 3.70 Å². The van der Waals surface area contributed by atoms with E-state index in [1.165, 1.54) is 31.4 Å². The third-order valence-corrected chi connectivity index (χ3v) is 13.7. The Morgan fingerprint density at radius 3 is 1.51 bits per heavy atom. The summed E-state index contributed by atoms with van der Waals surface area (Å²) in [5.74, 6) is -0.479. The minimum atomic E-state index is -3.71. The smallest absolute Gasteiger partial charge is 0.358 e. The molecule has 0 bridgehead atoms. The highest BCUT2D eigenvalue weighted by Crippen LogP contribution is 2.24. The first-order chi connectivity index (χ1) is 30.7. The van der Waals surface area contributed by atoms with Crippen LogP contribution in [0.1, 0.15) is 74.4 Å². The molecular weight excluding hydrogens is 984 g/mol. The summed E-state index contributed by atoms with van der Waals surface area (Å²) in [5.41, 5.74) is 1.77. The Balaban J connectivity index is 0.000000245. The van der Waals surface area contributed by atoms with E-state index < -0.39 is 38.2 Å². The van der Waals surface area contributed by atoms with E-state index in [0.29, 0.717) is 42.0 Å². The van der Waals surface area contributed by atoms with Crippen LogP contribution < -0.4 is 20.1 Å². The number of carbonyl (C=O) groups is 1. The third kappa shape index (κ3) is 16.0. The van der Waals surface area contributed by atoms with Gasteiger partial charge in [-0.1, -0.05) is 60.7 Å². The van der Waals surface area contributed by atoms with Crippen molar-refractivity contribution in [2.24, 2.45) is 0 Å². The number of benzene rings is 4. The molecular formula is C46H57IN8O8S2. The van der Waals surface area contributed by atoms with Gasteiger partial charge in [-0.25, -0.2) is 31.6 Å². The number of rotatable bonds is 21. The van der Waals surface area contributed by atoms with E-state index in [0.717, 1.165) is 16.7 Å². The Hall–Kier alpha value is -5.16. The van der Waals surface area contributed by atoms with E-state index in [1.807, 2.05) is 35.5 Å². The quantitative estimate of drug-likeness (QED) is 0.0326. The number of ether oxygens (including phenoxy) is 1. The van der Waals surface area contributed by atoms with Gasteiger partial charge in [-0.3, -0.25) is 9.44 Å². The summed E-state index contributed by atoms with van der Waals surface area (Å²) in [6, 6.07) is 29.9. The van der Waals surface area contributed by atoms with Crippen LogP contribution in [-0.4, -0.2) is 83.4 Å². The van der Waals surface area contributed by atoms with Gasteiger partial charge in [-0.05, 0) is 123 Å². The highest BCUT2D eigenvalue weighted by Gasteiger charge is 2.22. The number of anilines is 2. The summed E-state index contributed by atoms with van der Waals surface area (Å²) >= 11 is 2.18. The number of carbonyl (C=O) groups excluding carboxylic acids is 1. The third-order valence-electron chi connectivity index (χ3n) is 10.3. The molecule has 6 N–H and O–H groups in total. The lowest BCUT2D eigenvalue weighted by Gasteiger charge is -2.28. The zero-order valence-electron chi connectivity index (χ0n) is 36.9. The molecule has 0 aliphatic carbocycles. The van der Waals surface area contributed by atoms with Crippen LogP contribution in [0.5, 0.6) is 0 Å². The first kappa shape index (κ1) is 50.8. The maximum atomic E-state index is 12.6. The second-order valence-electron chi connectivity index (χ2n) is 16.6. The molecule has 0 spiro atoms. The van der Waals surface area contributed by atoms with Crippen molar-refractivity contribution in [3.05, 3.63) is 155 Å². The fourth-order valence-electron chi connectivity index (χ4n) is 6.37. The Labute approximate surface area is 395 Å². The number of esters is 1. The number of sulfonamides is 2. The summed E-state index contributed by atoms with van der Waals surface area (Å²) in [6.45, 7) is 10.3. The van der Waals surface area contributed by atoms with Crippen LogP contribution in [0.3, 0.4) is 0 Å². The maximum absolute atomic E-state index is 12.6. The Bertz CT molecular complexity index is 2680. The van der Waals surface area contributed by atoms with Crippen LogP contribution in [-0.2, 0) is 37.9 Å². The van der Waals surface area contributed by atoms with Crippen LogP contribution in [0.2, 0.25) is 0 Å². The largest absolute Gasteiger partial charge is 0.464 e. The molecule has 348 valence electrons. The zero-order valence-corrected chi connectivity index (χ0v) is 40.7. The van der Waals surface area contributed by atoms with Crippen molar-refractivity contribution in [2.75, 3.05) is 29.6 Å². The minimum absolute atomic E-state index is 0.168. The lowest BCUT2D eigenvalue weighted by atomic mass is 9.99. The second kappa shape index (κ2) is 22.8. The summed E-state index contributed by atoms with van der Waals surface area (Å²) in [4.78, 5) is 20.2. The van der Waals surface area contributed by atoms with Gasteiger partial charge >= 0.3 is 5.97 Å². The molecule has 0 fully saturated rings. The number of imidazole rings is 2. The molecule has 0 radical (unpaired) electrons. The number of hydrogen-bond donors (Lipinski definition) is 6. The van der Waals surface area contributed by atoms with Crippen molar-refractivity contribution in [3.8, 4) is 0 Å². The maximum Gasteiger partial charge on any atom is 0.358 e. The van der Waals surface area contributed by atoms with Gasteiger partial charge in [0.05, 0.1) is 41.8 Å². The first-order valence-corrected chi connectivity index (χ1v) is 24.8. The molecule has 2 aromatic heterocycles. The first-order valence-electron chi connectivity index (χ1n) is 20.7. The van der Waals surface area contributed by atoms with Crippen LogP contribution in [0.15, 0.2) is 144 Å². The number of β-amino-alcohol motifs (C(OH)–C–C–N with tert-alkyl or cyclic N) is 2. The molecule has 4 aromatic carbocycles. The molecule has 0 aliphatic rings. The molecule has 0 aliphatic heterocycles. The molecule has 0 saturated heterocycles. The van der Waals surface area contributed by atoms with Crippen molar-refractivity contribution in [1.82, 2.24) is 29.7 Å². The van der Waals surface area contributed by atoms with E-state index in [4.69, 9.17) is 0 Å². The van der Waals surface area contributed by atoms with Crippen LogP contribution in [0.25, 0.3) is 0 Å². The molecule has 19 heteroatoms. The Kier molecular flexibility index (Phi) is 17.9. The molecule has 6 rings (SSSR count). The lowest BCUT2D eigenvalue weighted by molar-refractivity contribution is 0.0594. The van der Waals surface area contributed by atoms with Crippen molar-refractivity contribution in [2.45, 2.75) is 86.7 Å². The number of hydrogen-bond acceptors (Lipinski definition) is 12. The average Bonchev–Trinajstić information content (AvgIpc) is 3.95. The van der Waals surface area contributed by atoms with Crippen LogP contribution in [0, 0.1) is 3.70 Å².